The number of hydrogen-bond acceptors (Lipinski definition) is 6. The van der Waals surface area contributed by atoms with Crippen LogP contribution in [-0.4, -0.2) is 18.4 Å². The van der Waals surface area contributed by atoms with E-state index < -0.39 is 20.9 Å². The lowest BCUT2D eigenvalue weighted by molar-refractivity contribution is 0.589. The average molecular weight is 447 g/mol. The van der Waals surface area contributed by atoms with Crippen LogP contribution in [0.2, 0.25) is 0 Å². The second-order valence-electron chi connectivity index (χ2n) is 7.29. The molecule has 0 aliphatic rings. The van der Waals surface area contributed by atoms with Crippen LogP contribution in [0.25, 0.3) is 11.0 Å². The highest BCUT2D eigenvalue weighted by molar-refractivity contribution is 7.92. The minimum Gasteiger partial charge on any atom is -0.364 e. The maximum absolute atomic E-state index is 13.3. The van der Waals surface area contributed by atoms with Crippen LogP contribution >= 0.6 is 0 Å². The van der Waals surface area contributed by atoms with Gasteiger partial charge in [-0.25, -0.2) is 22.8 Å². The molecule has 0 amide bonds. The zero-order valence-corrected chi connectivity index (χ0v) is 18.0. The Balaban J connectivity index is 1.79. The number of hydrogen-bond donors (Lipinski definition) is 1. The quantitative estimate of drug-likeness (QED) is 0.430. The summed E-state index contributed by atoms with van der Waals surface area (Å²) in [5.74, 6) is -0.357. The van der Waals surface area contributed by atoms with E-state index in [4.69, 9.17) is 0 Å². The zero-order chi connectivity index (χ0) is 22.7. The van der Waals surface area contributed by atoms with Crippen molar-refractivity contribution in [3.63, 3.8) is 0 Å². The summed E-state index contributed by atoms with van der Waals surface area (Å²) in [5, 5.41) is 11.4. The standard InChI is InChI=1S/C24H19FN4O2S/c1-16-6-8-17(9-7-16)15-27-24-23(28-20-4-2-3-5-21(20)29-24)22(14-26)32(30,31)19-12-10-18(25)11-13-19/h2-13,22H,15H2,1H3,(H,27,29)/t22-/m0/s1. The van der Waals surface area contributed by atoms with Crippen molar-refractivity contribution in [3.8, 4) is 6.07 Å². The highest BCUT2D eigenvalue weighted by Crippen LogP contribution is 2.32. The lowest BCUT2D eigenvalue weighted by Crippen LogP contribution is -2.17. The summed E-state index contributed by atoms with van der Waals surface area (Å²) in [4.78, 5) is 8.87. The van der Waals surface area contributed by atoms with Crippen molar-refractivity contribution in [2.75, 3.05) is 5.32 Å². The number of benzene rings is 3. The first-order valence-corrected chi connectivity index (χ1v) is 11.4. The van der Waals surface area contributed by atoms with Crippen LogP contribution in [-0.2, 0) is 16.4 Å². The second kappa shape index (κ2) is 8.73. The van der Waals surface area contributed by atoms with E-state index in [0.29, 0.717) is 17.6 Å². The third-order valence-electron chi connectivity index (χ3n) is 5.00. The van der Waals surface area contributed by atoms with Gasteiger partial charge in [-0.05, 0) is 48.9 Å². The third kappa shape index (κ3) is 4.29. The first-order chi connectivity index (χ1) is 15.4. The number of fused-ring (bicyclic) bond motifs is 1. The van der Waals surface area contributed by atoms with Gasteiger partial charge in [0.05, 0.1) is 22.0 Å². The molecule has 0 saturated carbocycles. The molecule has 160 valence electrons. The van der Waals surface area contributed by atoms with E-state index in [9.17, 15) is 18.1 Å². The normalized spacial score (nSPS) is 12.3. The number of aromatic nitrogens is 2. The lowest BCUT2D eigenvalue weighted by Gasteiger charge is -2.16. The average Bonchev–Trinajstić information content (AvgIpc) is 2.79. The van der Waals surface area contributed by atoms with Crippen LogP contribution < -0.4 is 5.32 Å². The maximum atomic E-state index is 13.3. The van der Waals surface area contributed by atoms with Crippen LogP contribution in [0.1, 0.15) is 22.1 Å². The molecule has 0 unspecified atom stereocenters. The van der Waals surface area contributed by atoms with E-state index in [-0.39, 0.29) is 16.4 Å². The van der Waals surface area contributed by atoms with Gasteiger partial charge in [-0.15, -0.1) is 0 Å². The van der Waals surface area contributed by atoms with Crippen LogP contribution in [0.5, 0.6) is 0 Å². The summed E-state index contributed by atoms with van der Waals surface area (Å²) in [6, 6.07) is 21.1. The summed E-state index contributed by atoms with van der Waals surface area (Å²) in [6.07, 6.45) is 0. The molecular formula is C24H19FN4O2S. The monoisotopic (exact) mass is 446 g/mol. The van der Waals surface area contributed by atoms with E-state index in [1.54, 1.807) is 24.3 Å². The van der Waals surface area contributed by atoms with Crippen molar-refractivity contribution >= 4 is 26.7 Å². The number of nitriles is 1. The largest absolute Gasteiger partial charge is 0.364 e. The maximum Gasteiger partial charge on any atom is 0.200 e. The number of halogens is 1. The van der Waals surface area contributed by atoms with Gasteiger partial charge in [-0.3, -0.25) is 0 Å². The highest BCUT2D eigenvalue weighted by atomic mass is 32.2. The Bertz CT molecular complexity index is 1410. The topological polar surface area (TPSA) is 95.7 Å². The van der Waals surface area contributed by atoms with Gasteiger partial charge in [0.1, 0.15) is 11.5 Å². The van der Waals surface area contributed by atoms with Crippen LogP contribution in [0.15, 0.2) is 77.7 Å². The molecule has 0 aliphatic heterocycles. The molecule has 4 rings (SSSR count). The Kier molecular flexibility index (Phi) is 5.84. The molecule has 0 fully saturated rings. The summed E-state index contributed by atoms with van der Waals surface area (Å²) in [6.45, 7) is 2.36. The number of nitrogens with zero attached hydrogens (tertiary/aromatic N) is 3. The molecule has 0 aliphatic carbocycles. The van der Waals surface area contributed by atoms with Crippen molar-refractivity contribution in [2.45, 2.75) is 23.6 Å². The first-order valence-electron chi connectivity index (χ1n) is 9.83. The fourth-order valence-electron chi connectivity index (χ4n) is 3.26. The molecule has 0 radical (unpaired) electrons. The molecule has 0 saturated heterocycles. The molecule has 1 atom stereocenters. The Morgan fingerprint density at radius 2 is 1.59 bits per heavy atom. The van der Waals surface area contributed by atoms with Gasteiger partial charge in [-0.2, -0.15) is 5.26 Å². The van der Waals surface area contributed by atoms with Gasteiger partial charge in [-0.1, -0.05) is 42.0 Å². The Morgan fingerprint density at radius 3 is 2.22 bits per heavy atom. The zero-order valence-electron chi connectivity index (χ0n) is 17.2. The molecule has 32 heavy (non-hydrogen) atoms. The fourth-order valence-corrected chi connectivity index (χ4v) is 4.64. The minimum absolute atomic E-state index is 0.00244. The summed E-state index contributed by atoms with van der Waals surface area (Å²) in [5.41, 5.74) is 3.13. The Labute approximate surface area is 185 Å². The molecular weight excluding hydrogens is 427 g/mol. The summed E-state index contributed by atoms with van der Waals surface area (Å²) in [7, 11) is -4.17. The number of sulfone groups is 1. The number of aryl methyl sites for hydroxylation is 1. The van der Waals surface area contributed by atoms with Crippen molar-refractivity contribution in [1.29, 1.82) is 5.26 Å². The third-order valence-corrected chi connectivity index (χ3v) is 6.87. The molecule has 8 heteroatoms. The van der Waals surface area contributed by atoms with Crippen LogP contribution in [0, 0.1) is 24.1 Å². The van der Waals surface area contributed by atoms with Gasteiger partial charge < -0.3 is 5.32 Å². The minimum atomic E-state index is -4.17. The number of anilines is 1. The highest BCUT2D eigenvalue weighted by Gasteiger charge is 2.33. The molecule has 0 bridgehead atoms. The van der Waals surface area contributed by atoms with Crippen LogP contribution in [0.4, 0.5) is 10.2 Å². The molecule has 1 heterocycles. The van der Waals surface area contributed by atoms with E-state index in [1.165, 1.54) is 0 Å². The predicted molar refractivity (Wildman–Crippen MR) is 120 cm³/mol. The number of nitrogens with one attached hydrogen (secondary N) is 1. The van der Waals surface area contributed by atoms with E-state index in [2.05, 4.69) is 15.3 Å². The molecule has 1 N–H and O–H groups in total. The SMILES string of the molecule is Cc1ccc(CNc2nc3ccccc3nc2[C@H](C#N)S(=O)(=O)c2ccc(F)cc2)cc1. The van der Waals surface area contributed by atoms with Gasteiger partial charge in [0.25, 0.3) is 0 Å². The lowest BCUT2D eigenvalue weighted by atomic mass is 10.1. The number of rotatable bonds is 6. The molecule has 0 spiro atoms. The van der Waals surface area contributed by atoms with Crippen molar-refractivity contribution in [3.05, 3.63) is 95.4 Å². The molecule has 3 aromatic carbocycles. The van der Waals surface area contributed by atoms with Crippen molar-refractivity contribution < 1.29 is 12.8 Å². The van der Waals surface area contributed by atoms with E-state index in [1.807, 2.05) is 37.3 Å². The summed E-state index contributed by atoms with van der Waals surface area (Å²) >= 11 is 0. The van der Waals surface area contributed by atoms with Gasteiger partial charge >= 0.3 is 0 Å². The second-order valence-corrected chi connectivity index (χ2v) is 9.33. The first kappa shape index (κ1) is 21.4. The van der Waals surface area contributed by atoms with Gasteiger partial charge in [0, 0.05) is 6.54 Å². The summed E-state index contributed by atoms with van der Waals surface area (Å²) < 4.78 is 39.8. The Morgan fingerprint density at radius 1 is 0.969 bits per heavy atom. The van der Waals surface area contributed by atoms with Gasteiger partial charge in [0.2, 0.25) is 9.84 Å². The fraction of sp³-hybridized carbons (Fsp3) is 0.125. The van der Waals surface area contributed by atoms with E-state index >= 15 is 0 Å². The number of para-hydroxylation sites is 2. The van der Waals surface area contributed by atoms with Crippen molar-refractivity contribution in [2.24, 2.45) is 0 Å². The Hall–Kier alpha value is -3.83. The van der Waals surface area contributed by atoms with Crippen LogP contribution in [0.3, 0.4) is 0 Å². The predicted octanol–water partition coefficient (Wildman–Crippen LogP) is 4.73. The molecule has 1 aromatic heterocycles. The smallest absolute Gasteiger partial charge is 0.200 e. The molecule has 4 aromatic rings. The van der Waals surface area contributed by atoms with Crippen molar-refractivity contribution in [1.82, 2.24) is 9.97 Å². The van der Waals surface area contributed by atoms with E-state index in [0.717, 1.165) is 35.4 Å². The molecule has 6 nitrogen and oxygen atoms in total. The van der Waals surface area contributed by atoms with Gasteiger partial charge in [0.15, 0.2) is 11.1 Å².